The third kappa shape index (κ3) is 6.04. The number of Topliss-reactive ketones (excluding diaryl/α,β-unsaturated/α-hetero) is 1. The van der Waals surface area contributed by atoms with Crippen LogP contribution in [0.1, 0.15) is 30.9 Å². The van der Waals surface area contributed by atoms with Gasteiger partial charge < -0.3 is 15.0 Å². The van der Waals surface area contributed by atoms with Crippen LogP contribution in [-0.2, 0) is 32.0 Å². The fourth-order valence-corrected chi connectivity index (χ4v) is 3.36. The van der Waals surface area contributed by atoms with Crippen LogP contribution in [0.25, 0.3) is 10.9 Å². The molecule has 1 aromatic heterocycles. The van der Waals surface area contributed by atoms with Crippen molar-refractivity contribution in [1.29, 1.82) is 0 Å². The first-order valence-electron chi connectivity index (χ1n) is 10.1. The number of aromatic nitrogens is 1. The zero-order valence-corrected chi connectivity index (χ0v) is 17.0. The topological polar surface area (TPSA) is 88.3 Å². The van der Waals surface area contributed by atoms with Crippen LogP contribution in [0.3, 0.4) is 0 Å². The van der Waals surface area contributed by atoms with Gasteiger partial charge in [-0.15, -0.1) is 0 Å². The van der Waals surface area contributed by atoms with E-state index in [-0.39, 0.29) is 18.8 Å². The number of hydrogen-bond acceptors (Lipinski definition) is 4. The number of ketones is 1. The Hall–Kier alpha value is -3.41. The molecule has 3 aromatic rings. The standard InChI is InChI=1S/C24H26N2O4/c1-17(27)22(14-18-8-3-2-4-9-18)26-23(28)16-30-24(29)13-7-10-19-15-25-21-12-6-5-11-20(19)21/h2-6,8-9,11-12,15,22,25H,7,10,13-14,16H2,1H3,(H,26,28)/t22-/m1/s1. The lowest BCUT2D eigenvalue weighted by atomic mass is 10.0. The largest absolute Gasteiger partial charge is 0.456 e. The molecule has 1 amide bonds. The summed E-state index contributed by atoms with van der Waals surface area (Å²) in [5, 5.41) is 3.80. The van der Waals surface area contributed by atoms with E-state index in [4.69, 9.17) is 4.74 Å². The van der Waals surface area contributed by atoms with Gasteiger partial charge in [0.2, 0.25) is 0 Å². The summed E-state index contributed by atoms with van der Waals surface area (Å²) in [6.07, 6.45) is 3.96. The van der Waals surface area contributed by atoms with E-state index >= 15 is 0 Å². The molecule has 1 atom stereocenters. The number of ether oxygens (including phenoxy) is 1. The van der Waals surface area contributed by atoms with Crippen molar-refractivity contribution in [3.05, 3.63) is 71.9 Å². The number of rotatable bonds is 10. The van der Waals surface area contributed by atoms with Crippen molar-refractivity contribution in [1.82, 2.24) is 10.3 Å². The molecule has 0 spiro atoms. The zero-order chi connectivity index (χ0) is 21.3. The molecule has 2 aromatic carbocycles. The minimum atomic E-state index is -0.638. The molecule has 0 aliphatic carbocycles. The summed E-state index contributed by atoms with van der Waals surface area (Å²) >= 11 is 0. The Morgan fingerprint density at radius 1 is 1.03 bits per heavy atom. The van der Waals surface area contributed by atoms with Gasteiger partial charge in [-0.05, 0) is 43.4 Å². The number of nitrogens with one attached hydrogen (secondary N) is 2. The van der Waals surface area contributed by atoms with Crippen LogP contribution < -0.4 is 5.32 Å². The first-order chi connectivity index (χ1) is 14.5. The molecule has 6 nitrogen and oxygen atoms in total. The van der Waals surface area contributed by atoms with Gasteiger partial charge in [-0.3, -0.25) is 14.4 Å². The van der Waals surface area contributed by atoms with Crippen LogP contribution >= 0.6 is 0 Å². The molecule has 30 heavy (non-hydrogen) atoms. The highest BCUT2D eigenvalue weighted by Gasteiger charge is 2.18. The number of aromatic amines is 1. The van der Waals surface area contributed by atoms with E-state index in [1.54, 1.807) is 0 Å². The molecule has 0 aliphatic rings. The number of fused-ring (bicyclic) bond motifs is 1. The number of carbonyl (C=O) groups excluding carboxylic acids is 3. The summed E-state index contributed by atoms with van der Waals surface area (Å²) in [5.41, 5.74) is 3.18. The molecule has 0 saturated carbocycles. The Morgan fingerprint density at radius 3 is 2.53 bits per heavy atom. The first kappa shape index (κ1) is 21.3. The number of benzene rings is 2. The number of amides is 1. The molecule has 0 unspecified atom stereocenters. The van der Waals surface area contributed by atoms with Crippen LogP contribution in [0.4, 0.5) is 0 Å². The van der Waals surface area contributed by atoms with Crippen molar-refractivity contribution < 1.29 is 19.1 Å². The van der Waals surface area contributed by atoms with E-state index in [9.17, 15) is 14.4 Å². The lowest BCUT2D eigenvalue weighted by Gasteiger charge is -2.16. The predicted molar refractivity (Wildman–Crippen MR) is 115 cm³/mol. The number of H-pyrrole nitrogens is 1. The predicted octanol–water partition coefficient (Wildman–Crippen LogP) is 3.35. The van der Waals surface area contributed by atoms with Gasteiger partial charge in [-0.2, -0.15) is 0 Å². The average Bonchev–Trinajstić information content (AvgIpc) is 3.16. The number of aryl methyl sites for hydroxylation is 1. The monoisotopic (exact) mass is 406 g/mol. The number of esters is 1. The fourth-order valence-electron chi connectivity index (χ4n) is 3.36. The summed E-state index contributed by atoms with van der Waals surface area (Å²) in [5.74, 6) is -1.04. The minimum absolute atomic E-state index is 0.141. The van der Waals surface area contributed by atoms with E-state index < -0.39 is 17.9 Å². The number of hydrogen-bond donors (Lipinski definition) is 2. The highest BCUT2D eigenvalue weighted by Crippen LogP contribution is 2.19. The van der Waals surface area contributed by atoms with E-state index in [0.717, 1.165) is 28.5 Å². The molecule has 0 aliphatic heterocycles. The molecule has 6 heteroatoms. The Labute approximate surface area is 175 Å². The first-order valence-corrected chi connectivity index (χ1v) is 10.1. The van der Waals surface area contributed by atoms with Gasteiger partial charge in [-0.1, -0.05) is 48.5 Å². The summed E-state index contributed by atoms with van der Waals surface area (Å²) < 4.78 is 5.07. The summed E-state index contributed by atoms with van der Waals surface area (Å²) in [6, 6.07) is 16.8. The third-order valence-corrected chi connectivity index (χ3v) is 4.97. The van der Waals surface area contributed by atoms with Gasteiger partial charge in [0, 0.05) is 23.5 Å². The number of para-hydroxylation sites is 1. The van der Waals surface area contributed by atoms with E-state index in [0.29, 0.717) is 12.8 Å². The lowest BCUT2D eigenvalue weighted by Crippen LogP contribution is -2.43. The SMILES string of the molecule is CC(=O)[C@@H](Cc1ccccc1)NC(=O)COC(=O)CCCc1c[nH]c2ccccc12. The van der Waals surface area contributed by atoms with Gasteiger partial charge >= 0.3 is 5.97 Å². The molecule has 156 valence electrons. The van der Waals surface area contributed by atoms with Crippen LogP contribution in [0, 0.1) is 0 Å². The van der Waals surface area contributed by atoms with Crippen LogP contribution in [0.15, 0.2) is 60.8 Å². The Bertz CT molecular complexity index is 1010. The Balaban J connectivity index is 1.40. The van der Waals surface area contributed by atoms with E-state index in [2.05, 4.69) is 10.3 Å². The minimum Gasteiger partial charge on any atom is -0.456 e. The van der Waals surface area contributed by atoms with Gasteiger partial charge in [0.05, 0.1) is 6.04 Å². The van der Waals surface area contributed by atoms with Gasteiger partial charge in [0.25, 0.3) is 5.91 Å². The third-order valence-electron chi connectivity index (χ3n) is 4.97. The average molecular weight is 406 g/mol. The second-order valence-electron chi connectivity index (χ2n) is 7.29. The normalized spacial score (nSPS) is 11.8. The second-order valence-corrected chi connectivity index (χ2v) is 7.29. The summed E-state index contributed by atoms with van der Waals surface area (Å²) in [6.45, 7) is 1.05. The van der Waals surface area contributed by atoms with Crippen LogP contribution in [0.5, 0.6) is 0 Å². The van der Waals surface area contributed by atoms with Gasteiger partial charge in [0.15, 0.2) is 12.4 Å². The molecule has 0 saturated heterocycles. The lowest BCUT2D eigenvalue weighted by molar-refractivity contribution is -0.148. The van der Waals surface area contributed by atoms with Crippen LogP contribution in [0.2, 0.25) is 0 Å². The molecule has 0 radical (unpaired) electrons. The molecule has 2 N–H and O–H groups in total. The second kappa shape index (κ2) is 10.4. The van der Waals surface area contributed by atoms with Crippen molar-refractivity contribution in [3.63, 3.8) is 0 Å². The summed E-state index contributed by atoms with van der Waals surface area (Å²) in [7, 11) is 0. The summed E-state index contributed by atoms with van der Waals surface area (Å²) in [4.78, 5) is 39.1. The maximum Gasteiger partial charge on any atom is 0.306 e. The molecular weight excluding hydrogens is 380 g/mol. The highest BCUT2D eigenvalue weighted by molar-refractivity contribution is 5.89. The Morgan fingerprint density at radius 2 is 1.77 bits per heavy atom. The quantitative estimate of drug-likeness (QED) is 0.506. The highest BCUT2D eigenvalue weighted by atomic mass is 16.5. The fraction of sp³-hybridized carbons (Fsp3) is 0.292. The van der Waals surface area contributed by atoms with Crippen molar-refractivity contribution in [2.75, 3.05) is 6.61 Å². The van der Waals surface area contributed by atoms with Crippen molar-refractivity contribution in [2.24, 2.45) is 0 Å². The van der Waals surface area contributed by atoms with Gasteiger partial charge in [-0.25, -0.2) is 0 Å². The van der Waals surface area contributed by atoms with Crippen LogP contribution in [-0.4, -0.2) is 35.3 Å². The van der Waals surface area contributed by atoms with Crippen molar-refractivity contribution in [3.8, 4) is 0 Å². The Kier molecular flexibility index (Phi) is 7.38. The maximum absolute atomic E-state index is 12.1. The van der Waals surface area contributed by atoms with E-state index in [1.165, 1.54) is 6.92 Å². The molecule has 3 rings (SSSR count). The van der Waals surface area contributed by atoms with Crippen molar-refractivity contribution in [2.45, 2.75) is 38.6 Å². The zero-order valence-electron chi connectivity index (χ0n) is 17.0. The smallest absolute Gasteiger partial charge is 0.306 e. The van der Waals surface area contributed by atoms with Crippen molar-refractivity contribution >= 4 is 28.6 Å². The number of carbonyl (C=O) groups is 3. The molecule has 1 heterocycles. The molecule has 0 bridgehead atoms. The van der Waals surface area contributed by atoms with Gasteiger partial charge in [0.1, 0.15) is 0 Å². The maximum atomic E-state index is 12.1. The molecule has 0 fully saturated rings. The molecular formula is C24H26N2O4. The van der Waals surface area contributed by atoms with E-state index in [1.807, 2.05) is 60.8 Å².